The largest absolute Gasteiger partial charge is 0.487 e. The summed E-state index contributed by atoms with van der Waals surface area (Å²) in [7, 11) is 0. The van der Waals surface area contributed by atoms with Gasteiger partial charge in [-0.05, 0) is 36.4 Å². The van der Waals surface area contributed by atoms with Gasteiger partial charge < -0.3 is 25.4 Å². The summed E-state index contributed by atoms with van der Waals surface area (Å²) in [6.07, 6.45) is 1.74. The minimum absolute atomic E-state index is 0.226. The first kappa shape index (κ1) is 18.2. The van der Waals surface area contributed by atoms with Crippen LogP contribution in [0.25, 0.3) is 0 Å². The number of urea groups is 1. The lowest BCUT2D eigenvalue weighted by atomic mass is 10.1. The molecular formula is C19H24N4O3. The van der Waals surface area contributed by atoms with E-state index in [4.69, 9.17) is 9.47 Å². The maximum atomic E-state index is 12.0. The second-order valence-electron chi connectivity index (χ2n) is 6.11. The van der Waals surface area contributed by atoms with E-state index in [1.54, 1.807) is 6.20 Å². The number of nitrogens with one attached hydrogen (secondary N) is 3. The van der Waals surface area contributed by atoms with Crippen molar-refractivity contribution < 1.29 is 14.3 Å². The number of anilines is 1. The molecule has 1 aliphatic heterocycles. The molecule has 0 bridgehead atoms. The molecule has 0 radical (unpaired) electrons. The maximum Gasteiger partial charge on any atom is 0.319 e. The number of amides is 2. The van der Waals surface area contributed by atoms with Crippen molar-refractivity contribution in [3.63, 3.8) is 0 Å². The molecule has 1 atom stereocenters. The minimum Gasteiger partial charge on any atom is -0.487 e. The zero-order valence-corrected chi connectivity index (χ0v) is 14.6. The van der Waals surface area contributed by atoms with Crippen LogP contribution in [0.4, 0.5) is 10.5 Å². The molecule has 7 heteroatoms. The third-order valence-electron chi connectivity index (χ3n) is 3.99. The van der Waals surface area contributed by atoms with Gasteiger partial charge in [0.05, 0.1) is 18.9 Å². The van der Waals surface area contributed by atoms with Gasteiger partial charge in [0.1, 0.15) is 12.4 Å². The first-order valence-electron chi connectivity index (χ1n) is 8.76. The highest BCUT2D eigenvalue weighted by Crippen LogP contribution is 2.16. The van der Waals surface area contributed by atoms with E-state index in [-0.39, 0.29) is 11.9 Å². The normalized spacial score (nSPS) is 17.2. The predicted molar refractivity (Wildman–Crippen MR) is 99.2 cm³/mol. The van der Waals surface area contributed by atoms with Crippen molar-refractivity contribution in [2.75, 3.05) is 38.2 Å². The fourth-order valence-electron chi connectivity index (χ4n) is 2.58. The van der Waals surface area contributed by atoms with Crippen LogP contribution in [0.3, 0.4) is 0 Å². The number of nitrogens with zero attached hydrogens (tertiary/aromatic N) is 1. The summed E-state index contributed by atoms with van der Waals surface area (Å²) in [6.45, 7) is 4.07. The summed E-state index contributed by atoms with van der Waals surface area (Å²) in [5.41, 5.74) is 1.58. The monoisotopic (exact) mass is 356 g/mol. The lowest BCUT2D eigenvalue weighted by Crippen LogP contribution is -2.37. The molecule has 0 unspecified atom stereocenters. The molecule has 7 nitrogen and oxygen atoms in total. The molecule has 1 aromatic heterocycles. The SMILES string of the molecule is O=C(NC[C@@H]1CNCCOC1)Nc1ccc(OCc2ccccn2)cc1. The highest BCUT2D eigenvalue weighted by molar-refractivity contribution is 5.89. The molecule has 1 fully saturated rings. The second-order valence-corrected chi connectivity index (χ2v) is 6.11. The van der Waals surface area contributed by atoms with Gasteiger partial charge in [-0.25, -0.2) is 4.79 Å². The number of hydrogen-bond acceptors (Lipinski definition) is 5. The smallest absolute Gasteiger partial charge is 0.319 e. The van der Waals surface area contributed by atoms with Crippen LogP contribution in [-0.2, 0) is 11.3 Å². The van der Waals surface area contributed by atoms with Gasteiger partial charge in [-0.1, -0.05) is 6.07 Å². The van der Waals surface area contributed by atoms with E-state index in [0.717, 1.165) is 31.1 Å². The van der Waals surface area contributed by atoms with E-state index in [9.17, 15) is 4.79 Å². The molecular weight excluding hydrogens is 332 g/mol. The van der Waals surface area contributed by atoms with Crippen LogP contribution < -0.4 is 20.7 Å². The number of hydrogen-bond donors (Lipinski definition) is 3. The number of pyridine rings is 1. The van der Waals surface area contributed by atoms with Crippen molar-refractivity contribution in [2.45, 2.75) is 6.61 Å². The molecule has 138 valence electrons. The topological polar surface area (TPSA) is 84.5 Å². The van der Waals surface area contributed by atoms with Gasteiger partial charge in [0.15, 0.2) is 0 Å². The van der Waals surface area contributed by atoms with E-state index < -0.39 is 0 Å². The Labute approximate surface area is 153 Å². The van der Waals surface area contributed by atoms with E-state index >= 15 is 0 Å². The third kappa shape index (κ3) is 6.02. The number of aromatic nitrogens is 1. The molecule has 1 saturated heterocycles. The lowest BCUT2D eigenvalue weighted by Gasteiger charge is -2.15. The van der Waals surface area contributed by atoms with Crippen molar-refractivity contribution in [1.29, 1.82) is 0 Å². The highest BCUT2D eigenvalue weighted by Gasteiger charge is 2.13. The molecule has 1 aromatic carbocycles. The number of benzene rings is 1. The molecule has 2 heterocycles. The van der Waals surface area contributed by atoms with Crippen molar-refractivity contribution in [2.24, 2.45) is 5.92 Å². The Hall–Kier alpha value is -2.64. The van der Waals surface area contributed by atoms with Gasteiger partial charge >= 0.3 is 6.03 Å². The number of rotatable bonds is 6. The van der Waals surface area contributed by atoms with E-state index in [1.807, 2.05) is 42.5 Å². The summed E-state index contributed by atoms with van der Waals surface area (Å²) >= 11 is 0. The Kier molecular flexibility index (Phi) is 6.80. The lowest BCUT2D eigenvalue weighted by molar-refractivity contribution is 0.123. The van der Waals surface area contributed by atoms with Gasteiger partial charge in [0.2, 0.25) is 0 Å². The number of ether oxygens (including phenoxy) is 2. The average Bonchev–Trinajstić information content (AvgIpc) is 2.96. The molecule has 0 aliphatic carbocycles. The van der Waals surface area contributed by atoms with Gasteiger partial charge in [-0.2, -0.15) is 0 Å². The minimum atomic E-state index is -0.226. The van der Waals surface area contributed by atoms with Crippen LogP contribution in [0.15, 0.2) is 48.7 Å². The number of carbonyl (C=O) groups is 1. The van der Waals surface area contributed by atoms with Crippen molar-refractivity contribution >= 4 is 11.7 Å². The van der Waals surface area contributed by atoms with E-state index in [0.29, 0.717) is 25.4 Å². The average molecular weight is 356 g/mol. The Morgan fingerprint density at radius 3 is 2.96 bits per heavy atom. The van der Waals surface area contributed by atoms with Gasteiger partial charge in [0.25, 0.3) is 0 Å². The molecule has 3 rings (SSSR count). The Morgan fingerprint density at radius 2 is 2.15 bits per heavy atom. The first-order valence-corrected chi connectivity index (χ1v) is 8.76. The molecule has 1 aliphatic rings. The standard InChI is InChI=1S/C19H24N4O3/c24-19(22-12-15-11-20-9-10-25-13-15)23-16-4-6-18(7-5-16)26-14-17-3-1-2-8-21-17/h1-8,15,20H,9-14H2,(H2,22,23,24)/t15-/m0/s1. The molecule has 0 spiro atoms. The van der Waals surface area contributed by atoms with Crippen molar-refractivity contribution in [3.05, 3.63) is 54.4 Å². The molecule has 3 N–H and O–H groups in total. The van der Waals surface area contributed by atoms with Crippen molar-refractivity contribution in [3.8, 4) is 5.75 Å². The molecule has 2 aromatic rings. The summed E-state index contributed by atoms with van der Waals surface area (Å²) < 4.78 is 11.2. The number of carbonyl (C=O) groups excluding carboxylic acids is 1. The predicted octanol–water partition coefficient (Wildman–Crippen LogP) is 2.02. The van der Waals surface area contributed by atoms with Gasteiger partial charge in [-0.3, -0.25) is 4.98 Å². The van der Waals surface area contributed by atoms with Crippen LogP contribution in [-0.4, -0.2) is 43.9 Å². The first-order chi connectivity index (χ1) is 12.8. The summed E-state index contributed by atoms with van der Waals surface area (Å²) in [5.74, 6) is 1.01. The van der Waals surface area contributed by atoms with E-state index in [1.165, 1.54) is 0 Å². The zero-order chi connectivity index (χ0) is 18.0. The highest BCUT2D eigenvalue weighted by atomic mass is 16.5. The second kappa shape index (κ2) is 9.74. The van der Waals surface area contributed by atoms with Crippen LogP contribution in [0.5, 0.6) is 5.75 Å². The fraction of sp³-hybridized carbons (Fsp3) is 0.368. The Balaban J connectivity index is 1.41. The molecule has 26 heavy (non-hydrogen) atoms. The summed E-state index contributed by atoms with van der Waals surface area (Å²) in [4.78, 5) is 16.2. The molecule has 2 amide bonds. The van der Waals surface area contributed by atoms with Crippen LogP contribution in [0.2, 0.25) is 0 Å². The van der Waals surface area contributed by atoms with Crippen LogP contribution >= 0.6 is 0 Å². The maximum absolute atomic E-state index is 12.0. The zero-order valence-electron chi connectivity index (χ0n) is 14.6. The Bertz CT molecular complexity index is 671. The molecule has 0 saturated carbocycles. The van der Waals surface area contributed by atoms with Crippen LogP contribution in [0, 0.1) is 5.92 Å². The van der Waals surface area contributed by atoms with Gasteiger partial charge in [0, 0.05) is 37.4 Å². The van der Waals surface area contributed by atoms with Crippen LogP contribution in [0.1, 0.15) is 5.69 Å². The quantitative estimate of drug-likeness (QED) is 0.737. The summed E-state index contributed by atoms with van der Waals surface area (Å²) in [6, 6.07) is 12.7. The van der Waals surface area contributed by atoms with Crippen molar-refractivity contribution in [1.82, 2.24) is 15.6 Å². The Morgan fingerprint density at radius 1 is 1.27 bits per heavy atom. The third-order valence-corrected chi connectivity index (χ3v) is 3.99. The fourth-order valence-corrected chi connectivity index (χ4v) is 2.58. The van der Waals surface area contributed by atoms with Gasteiger partial charge in [-0.15, -0.1) is 0 Å². The summed E-state index contributed by atoms with van der Waals surface area (Å²) in [5, 5.41) is 8.98. The van der Waals surface area contributed by atoms with E-state index in [2.05, 4.69) is 20.9 Å².